The smallest absolute Gasteiger partial charge is 0.106 e. The number of benzene rings is 1. The van der Waals surface area contributed by atoms with E-state index in [1.165, 1.54) is 29.5 Å². The molecule has 1 N–H and O–H groups in total. The van der Waals surface area contributed by atoms with Gasteiger partial charge in [-0.05, 0) is 63.6 Å². The van der Waals surface area contributed by atoms with E-state index in [4.69, 9.17) is 11.6 Å². The fraction of sp³-hybridized carbons (Fsp3) is 0.435. The first-order valence-corrected chi connectivity index (χ1v) is 10.4. The molecule has 0 aliphatic carbocycles. The first-order chi connectivity index (χ1) is 13.3. The standard InChI is InChI=1S/C23H26ClN3O/c1-14-4-5-15(12-25-14)23(2,28)13-27-19-8-6-16(24)10-18(19)22-20-9-7-17(26(20)3)11-21(22)27/h4-6,8,10,12,17,20,28H,7,9,11,13H2,1-3H3. The van der Waals surface area contributed by atoms with Crippen LogP contribution >= 0.6 is 11.6 Å². The van der Waals surface area contributed by atoms with Crippen molar-refractivity contribution in [3.05, 3.63) is 64.1 Å². The van der Waals surface area contributed by atoms with Crippen molar-refractivity contribution in [2.24, 2.45) is 0 Å². The highest BCUT2D eigenvalue weighted by Crippen LogP contribution is 2.47. The van der Waals surface area contributed by atoms with Crippen LogP contribution in [0, 0.1) is 6.92 Å². The number of aliphatic hydroxyl groups is 1. The Kier molecular flexibility index (Phi) is 4.10. The van der Waals surface area contributed by atoms with E-state index in [1.807, 2.05) is 32.0 Å². The zero-order valence-electron chi connectivity index (χ0n) is 16.6. The molecule has 1 fully saturated rings. The van der Waals surface area contributed by atoms with Gasteiger partial charge in [0.05, 0.1) is 6.54 Å². The second kappa shape index (κ2) is 6.31. The number of rotatable bonds is 3. The maximum absolute atomic E-state index is 11.4. The summed E-state index contributed by atoms with van der Waals surface area (Å²) in [7, 11) is 2.24. The summed E-state index contributed by atoms with van der Waals surface area (Å²) in [6, 6.07) is 11.1. The molecule has 4 nitrogen and oxygen atoms in total. The molecule has 5 rings (SSSR count). The lowest BCUT2D eigenvalue weighted by atomic mass is 9.96. The van der Waals surface area contributed by atoms with Crippen molar-refractivity contribution in [1.82, 2.24) is 14.5 Å². The number of nitrogens with zero attached hydrogens (tertiary/aromatic N) is 3. The SMILES string of the molecule is Cc1ccc(C(C)(O)Cn2c3c(c4cc(Cl)ccc42)C2CCC(C3)N2C)cn1. The average Bonchev–Trinajstić information content (AvgIpc) is 3.06. The van der Waals surface area contributed by atoms with Gasteiger partial charge in [0.25, 0.3) is 0 Å². The molecule has 2 aliphatic heterocycles. The number of hydrogen-bond acceptors (Lipinski definition) is 3. The van der Waals surface area contributed by atoms with E-state index in [0.717, 1.165) is 28.2 Å². The van der Waals surface area contributed by atoms with Crippen LogP contribution in [-0.2, 0) is 18.6 Å². The van der Waals surface area contributed by atoms with Crippen molar-refractivity contribution < 1.29 is 5.11 Å². The lowest BCUT2D eigenvalue weighted by Crippen LogP contribution is -2.36. The van der Waals surface area contributed by atoms with Crippen molar-refractivity contribution in [2.75, 3.05) is 7.05 Å². The molecule has 4 heterocycles. The summed E-state index contributed by atoms with van der Waals surface area (Å²) in [5.74, 6) is 0. The van der Waals surface area contributed by atoms with Gasteiger partial charge in [-0.3, -0.25) is 9.88 Å². The summed E-state index contributed by atoms with van der Waals surface area (Å²) < 4.78 is 2.33. The van der Waals surface area contributed by atoms with E-state index in [1.54, 1.807) is 6.20 Å². The highest BCUT2D eigenvalue weighted by atomic mass is 35.5. The highest BCUT2D eigenvalue weighted by molar-refractivity contribution is 6.31. The first kappa shape index (κ1) is 18.2. The zero-order valence-corrected chi connectivity index (χ0v) is 17.4. The van der Waals surface area contributed by atoms with Crippen molar-refractivity contribution in [1.29, 1.82) is 0 Å². The summed E-state index contributed by atoms with van der Waals surface area (Å²) in [6.45, 7) is 4.36. The van der Waals surface area contributed by atoms with Gasteiger partial charge in [0.1, 0.15) is 5.60 Å². The predicted octanol–water partition coefficient (Wildman–Crippen LogP) is 4.60. The maximum Gasteiger partial charge on any atom is 0.106 e. The number of hydrogen-bond donors (Lipinski definition) is 1. The molecule has 2 aliphatic rings. The van der Waals surface area contributed by atoms with E-state index < -0.39 is 5.60 Å². The van der Waals surface area contributed by atoms with E-state index in [0.29, 0.717) is 18.6 Å². The first-order valence-electron chi connectivity index (χ1n) is 10.0. The molecule has 3 atom stereocenters. The molecule has 2 aromatic heterocycles. The van der Waals surface area contributed by atoms with E-state index >= 15 is 0 Å². The minimum Gasteiger partial charge on any atom is -0.384 e. The van der Waals surface area contributed by atoms with Gasteiger partial charge in [0, 0.05) is 57.6 Å². The Morgan fingerprint density at radius 2 is 2.07 bits per heavy atom. The van der Waals surface area contributed by atoms with Crippen LogP contribution in [0.1, 0.15) is 48.3 Å². The minimum atomic E-state index is -0.998. The Hall–Kier alpha value is -1.88. The van der Waals surface area contributed by atoms with Crippen molar-refractivity contribution >= 4 is 22.5 Å². The molecule has 3 unspecified atom stereocenters. The van der Waals surface area contributed by atoms with Gasteiger partial charge in [-0.25, -0.2) is 0 Å². The minimum absolute atomic E-state index is 0.446. The Morgan fingerprint density at radius 1 is 1.25 bits per heavy atom. The second-order valence-corrected chi connectivity index (χ2v) is 9.12. The number of halogens is 1. The summed E-state index contributed by atoms with van der Waals surface area (Å²) in [5.41, 5.74) is 4.74. The Morgan fingerprint density at radius 3 is 2.82 bits per heavy atom. The van der Waals surface area contributed by atoms with E-state index in [9.17, 15) is 5.11 Å². The largest absolute Gasteiger partial charge is 0.384 e. The Balaban J connectivity index is 1.66. The second-order valence-electron chi connectivity index (χ2n) is 8.69. The van der Waals surface area contributed by atoms with Crippen molar-refractivity contribution in [3.63, 3.8) is 0 Å². The van der Waals surface area contributed by atoms with Crippen molar-refractivity contribution in [2.45, 2.75) is 57.3 Å². The molecule has 146 valence electrons. The van der Waals surface area contributed by atoms with Gasteiger partial charge in [0.15, 0.2) is 0 Å². The molecular weight excluding hydrogens is 370 g/mol. The molecule has 5 heteroatoms. The molecule has 0 amide bonds. The van der Waals surface area contributed by atoms with Gasteiger partial charge in [0.2, 0.25) is 0 Å². The van der Waals surface area contributed by atoms with Gasteiger partial charge < -0.3 is 9.67 Å². The fourth-order valence-electron chi connectivity index (χ4n) is 5.19. The molecular formula is C23H26ClN3O. The van der Waals surface area contributed by atoms with Crippen LogP contribution in [-0.4, -0.2) is 32.6 Å². The van der Waals surface area contributed by atoms with Crippen LogP contribution in [0.5, 0.6) is 0 Å². The van der Waals surface area contributed by atoms with Crippen LogP contribution in [0.3, 0.4) is 0 Å². The number of aromatic nitrogens is 2. The third kappa shape index (κ3) is 2.70. The van der Waals surface area contributed by atoms with Crippen LogP contribution in [0.2, 0.25) is 5.02 Å². The quantitative estimate of drug-likeness (QED) is 0.704. The van der Waals surface area contributed by atoms with Crippen LogP contribution in [0.15, 0.2) is 36.5 Å². The number of pyridine rings is 1. The molecule has 2 bridgehead atoms. The van der Waals surface area contributed by atoms with Gasteiger partial charge in [-0.15, -0.1) is 0 Å². The van der Waals surface area contributed by atoms with Crippen molar-refractivity contribution in [3.8, 4) is 0 Å². The van der Waals surface area contributed by atoms with Gasteiger partial charge >= 0.3 is 0 Å². The molecule has 0 saturated carbocycles. The third-order valence-electron chi connectivity index (χ3n) is 6.78. The predicted molar refractivity (Wildman–Crippen MR) is 113 cm³/mol. The number of likely N-dealkylation sites (N-methyl/N-ethyl adjacent to an activating group) is 1. The number of aryl methyl sites for hydroxylation is 1. The fourth-order valence-corrected chi connectivity index (χ4v) is 5.37. The molecule has 1 saturated heterocycles. The molecule has 3 aromatic rings. The summed E-state index contributed by atoms with van der Waals surface area (Å²) >= 11 is 6.37. The van der Waals surface area contributed by atoms with E-state index in [2.05, 4.69) is 33.6 Å². The Labute approximate surface area is 170 Å². The summed E-state index contributed by atoms with van der Waals surface area (Å²) in [6.07, 6.45) is 5.24. The van der Waals surface area contributed by atoms with Crippen LogP contribution in [0.4, 0.5) is 0 Å². The third-order valence-corrected chi connectivity index (χ3v) is 7.01. The zero-order chi connectivity index (χ0) is 19.6. The number of fused-ring (bicyclic) bond motifs is 6. The lowest BCUT2D eigenvalue weighted by molar-refractivity contribution is 0.0378. The normalized spacial score (nSPS) is 23.8. The van der Waals surface area contributed by atoms with E-state index in [-0.39, 0.29) is 0 Å². The lowest BCUT2D eigenvalue weighted by Gasteiger charge is -2.33. The summed E-state index contributed by atoms with van der Waals surface area (Å²) in [4.78, 5) is 6.91. The van der Waals surface area contributed by atoms with Crippen LogP contribution in [0.25, 0.3) is 10.9 Å². The molecule has 1 aromatic carbocycles. The molecule has 28 heavy (non-hydrogen) atoms. The Bertz CT molecular complexity index is 1050. The molecule has 0 spiro atoms. The average molecular weight is 396 g/mol. The topological polar surface area (TPSA) is 41.3 Å². The maximum atomic E-state index is 11.4. The molecule has 0 radical (unpaired) electrons. The van der Waals surface area contributed by atoms with Gasteiger partial charge in [-0.1, -0.05) is 17.7 Å². The van der Waals surface area contributed by atoms with Crippen LogP contribution < -0.4 is 0 Å². The van der Waals surface area contributed by atoms with Gasteiger partial charge in [-0.2, -0.15) is 0 Å². The monoisotopic (exact) mass is 395 g/mol. The highest BCUT2D eigenvalue weighted by Gasteiger charge is 2.41. The summed E-state index contributed by atoms with van der Waals surface area (Å²) in [5, 5.41) is 13.4.